The Hall–Kier alpha value is -1.14. The molecule has 1 N–H and O–H groups in total. The Bertz CT molecular complexity index is 353. The number of carbonyl (C=O) groups is 2. The predicted octanol–water partition coefficient (Wildman–Crippen LogP) is 1.04. The van der Waals surface area contributed by atoms with Crippen molar-refractivity contribution in [1.29, 1.82) is 0 Å². The summed E-state index contributed by atoms with van der Waals surface area (Å²) in [7, 11) is 1.60. The quantitative estimate of drug-likeness (QED) is 0.789. The number of methoxy groups -OCH3 is 1. The minimum absolute atomic E-state index is 0.00840. The molecule has 0 aliphatic carbocycles. The molecule has 114 valence electrons. The Morgan fingerprint density at radius 1 is 1.45 bits per heavy atom. The van der Waals surface area contributed by atoms with Gasteiger partial charge in [0.1, 0.15) is 0 Å². The minimum atomic E-state index is -0.872. The van der Waals surface area contributed by atoms with Gasteiger partial charge in [0.15, 0.2) is 0 Å². The molecule has 6 nitrogen and oxygen atoms in total. The van der Waals surface area contributed by atoms with Crippen LogP contribution in [-0.4, -0.2) is 60.4 Å². The van der Waals surface area contributed by atoms with E-state index in [1.807, 2.05) is 0 Å². The van der Waals surface area contributed by atoms with Gasteiger partial charge in [0.25, 0.3) is 0 Å². The van der Waals surface area contributed by atoms with E-state index in [0.717, 1.165) is 25.9 Å². The Kier molecular flexibility index (Phi) is 5.37. The Balaban J connectivity index is 1.86. The average Bonchev–Trinajstić information content (AvgIpc) is 3.04. The number of carboxylic acids is 1. The van der Waals surface area contributed by atoms with Crippen LogP contribution in [0.25, 0.3) is 0 Å². The molecule has 0 bridgehead atoms. The van der Waals surface area contributed by atoms with Gasteiger partial charge in [-0.3, -0.25) is 9.59 Å². The zero-order valence-electron chi connectivity index (χ0n) is 11.9. The van der Waals surface area contributed by atoms with Crippen molar-refractivity contribution < 1.29 is 24.2 Å². The fourth-order valence-electron chi connectivity index (χ4n) is 3.05. The van der Waals surface area contributed by atoms with Gasteiger partial charge in [0.05, 0.1) is 18.6 Å². The van der Waals surface area contributed by atoms with E-state index in [9.17, 15) is 9.59 Å². The summed E-state index contributed by atoms with van der Waals surface area (Å²) in [6, 6.07) is -0.241. The van der Waals surface area contributed by atoms with Crippen molar-refractivity contribution >= 4 is 11.9 Å². The number of ether oxygens (including phenoxy) is 2. The van der Waals surface area contributed by atoms with E-state index in [4.69, 9.17) is 14.6 Å². The van der Waals surface area contributed by atoms with Crippen molar-refractivity contribution in [2.24, 2.45) is 0 Å². The molecule has 2 saturated heterocycles. The fourth-order valence-corrected chi connectivity index (χ4v) is 3.05. The first-order chi connectivity index (χ1) is 9.60. The summed E-state index contributed by atoms with van der Waals surface area (Å²) in [5.74, 6) is -0.852. The maximum Gasteiger partial charge on any atom is 0.305 e. The molecule has 3 atom stereocenters. The van der Waals surface area contributed by atoms with Crippen molar-refractivity contribution in [2.45, 2.75) is 56.8 Å². The third-order valence-electron chi connectivity index (χ3n) is 4.14. The molecular formula is C14H23NO5. The minimum Gasteiger partial charge on any atom is -0.481 e. The van der Waals surface area contributed by atoms with E-state index in [1.165, 1.54) is 0 Å². The predicted molar refractivity (Wildman–Crippen MR) is 71.4 cm³/mol. The second-order valence-corrected chi connectivity index (χ2v) is 5.56. The van der Waals surface area contributed by atoms with Crippen LogP contribution in [0.3, 0.4) is 0 Å². The molecule has 0 radical (unpaired) electrons. The van der Waals surface area contributed by atoms with Crippen LogP contribution in [-0.2, 0) is 19.1 Å². The third kappa shape index (κ3) is 3.93. The molecule has 20 heavy (non-hydrogen) atoms. The number of carboxylic acid groups (broad SMARTS) is 1. The molecule has 2 aliphatic heterocycles. The van der Waals surface area contributed by atoms with Gasteiger partial charge in [-0.2, -0.15) is 0 Å². The summed E-state index contributed by atoms with van der Waals surface area (Å²) < 4.78 is 10.8. The Morgan fingerprint density at radius 2 is 2.25 bits per heavy atom. The van der Waals surface area contributed by atoms with Gasteiger partial charge in [-0.25, -0.2) is 0 Å². The van der Waals surface area contributed by atoms with Gasteiger partial charge in [0.2, 0.25) is 5.91 Å². The first kappa shape index (κ1) is 15.3. The van der Waals surface area contributed by atoms with Gasteiger partial charge in [-0.1, -0.05) is 0 Å². The zero-order chi connectivity index (χ0) is 14.5. The number of amides is 1. The molecule has 3 unspecified atom stereocenters. The van der Waals surface area contributed by atoms with Gasteiger partial charge < -0.3 is 19.5 Å². The largest absolute Gasteiger partial charge is 0.481 e. The number of hydrogen-bond donors (Lipinski definition) is 1. The molecular weight excluding hydrogens is 262 g/mol. The lowest BCUT2D eigenvalue weighted by Crippen LogP contribution is -2.37. The van der Waals surface area contributed by atoms with Crippen molar-refractivity contribution in [1.82, 2.24) is 4.90 Å². The highest BCUT2D eigenvalue weighted by Crippen LogP contribution is 2.25. The van der Waals surface area contributed by atoms with Gasteiger partial charge in [-0.05, 0) is 25.7 Å². The number of hydrogen-bond acceptors (Lipinski definition) is 4. The van der Waals surface area contributed by atoms with Crippen LogP contribution < -0.4 is 0 Å². The molecule has 0 saturated carbocycles. The lowest BCUT2D eigenvalue weighted by molar-refractivity contribution is -0.140. The van der Waals surface area contributed by atoms with Crippen molar-refractivity contribution in [3.8, 4) is 0 Å². The second-order valence-electron chi connectivity index (χ2n) is 5.56. The Morgan fingerprint density at radius 3 is 2.85 bits per heavy atom. The average molecular weight is 285 g/mol. The highest BCUT2D eigenvalue weighted by molar-refractivity contribution is 5.78. The summed E-state index contributed by atoms with van der Waals surface area (Å²) in [6.45, 7) is 1.29. The first-order valence-electron chi connectivity index (χ1n) is 7.25. The van der Waals surface area contributed by atoms with Crippen LogP contribution in [0.4, 0.5) is 0 Å². The number of nitrogens with zero attached hydrogens (tertiary/aromatic N) is 1. The van der Waals surface area contributed by atoms with Crippen molar-refractivity contribution in [3.63, 3.8) is 0 Å². The van der Waals surface area contributed by atoms with Crippen LogP contribution in [0.2, 0.25) is 0 Å². The lowest BCUT2D eigenvalue weighted by atomic mass is 10.1. The summed E-state index contributed by atoms with van der Waals surface area (Å²) in [5, 5.41) is 8.94. The van der Waals surface area contributed by atoms with Crippen LogP contribution in [0.5, 0.6) is 0 Å². The zero-order valence-corrected chi connectivity index (χ0v) is 11.9. The lowest BCUT2D eigenvalue weighted by Gasteiger charge is -2.23. The molecule has 2 rings (SSSR count). The molecule has 0 aromatic rings. The Labute approximate surface area is 119 Å². The summed E-state index contributed by atoms with van der Waals surface area (Å²) >= 11 is 0. The van der Waals surface area contributed by atoms with E-state index >= 15 is 0 Å². The van der Waals surface area contributed by atoms with Crippen molar-refractivity contribution in [3.05, 3.63) is 0 Å². The van der Waals surface area contributed by atoms with Gasteiger partial charge in [-0.15, -0.1) is 0 Å². The maximum absolute atomic E-state index is 12.3. The van der Waals surface area contributed by atoms with E-state index < -0.39 is 5.97 Å². The molecule has 6 heteroatoms. The number of rotatable bonds is 6. The molecule has 2 aliphatic rings. The van der Waals surface area contributed by atoms with Crippen LogP contribution >= 0.6 is 0 Å². The molecule has 2 heterocycles. The molecule has 0 aromatic carbocycles. The standard InChI is InChI=1S/C14H23NO5/c1-19-12-7-10(8-14(17)18)15(9-12)13(16)5-4-11-3-2-6-20-11/h10-12H,2-9H2,1H3,(H,17,18). The van der Waals surface area contributed by atoms with E-state index in [-0.39, 0.29) is 30.6 Å². The summed E-state index contributed by atoms with van der Waals surface area (Å²) in [5.41, 5.74) is 0. The van der Waals surface area contributed by atoms with E-state index in [0.29, 0.717) is 19.4 Å². The SMILES string of the molecule is COC1CC(CC(=O)O)N(C(=O)CCC2CCCO2)C1. The topological polar surface area (TPSA) is 76.1 Å². The summed E-state index contributed by atoms with van der Waals surface area (Å²) in [4.78, 5) is 24.8. The molecule has 1 amide bonds. The van der Waals surface area contributed by atoms with Gasteiger partial charge in [0, 0.05) is 32.7 Å². The first-order valence-corrected chi connectivity index (χ1v) is 7.25. The van der Waals surface area contributed by atoms with Crippen LogP contribution in [0.1, 0.15) is 38.5 Å². The summed E-state index contributed by atoms with van der Waals surface area (Å²) in [6.07, 6.45) is 3.98. The highest BCUT2D eigenvalue weighted by Gasteiger charge is 2.36. The second kappa shape index (κ2) is 7.04. The monoisotopic (exact) mass is 285 g/mol. The molecule has 0 spiro atoms. The maximum atomic E-state index is 12.3. The third-order valence-corrected chi connectivity index (χ3v) is 4.14. The van der Waals surface area contributed by atoms with Gasteiger partial charge >= 0.3 is 5.97 Å². The fraction of sp³-hybridized carbons (Fsp3) is 0.857. The number of likely N-dealkylation sites (tertiary alicyclic amines) is 1. The van der Waals surface area contributed by atoms with Crippen LogP contribution in [0, 0.1) is 0 Å². The van der Waals surface area contributed by atoms with Crippen LogP contribution in [0.15, 0.2) is 0 Å². The van der Waals surface area contributed by atoms with E-state index in [1.54, 1.807) is 12.0 Å². The molecule has 2 fully saturated rings. The normalized spacial score (nSPS) is 29.9. The number of aliphatic carboxylic acids is 1. The van der Waals surface area contributed by atoms with E-state index in [2.05, 4.69) is 0 Å². The number of carbonyl (C=O) groups excluding carboxylic acids is 1. The molecule has 0 aromatic heterocycles. The smallest absolute Gasteiger partial charge is 0.305 e. The highest BCUT2D eigenvalue weighted by atomic mass is 16.5. The van der Waals surface area contributed by atoms with Crippen molar-refractivity contribution in [2.75, 3.05) is 20.3 Å².